The minimum Gasteiger partial charge on any atom is -0.336 e. The molecule has 1 heterocycles. The zero-order chi connectivity index (χ0) is 32.5. The van der Waals surface area contributed by atoms with Gasteiger partial charge in [-0.2, -0.15) is 4.98 Å². The summed E-state index contributed by atoms with van der Waals surface area (Å²) in [5.41, 5.74) is 7.16. The molecule has 0 radical (unpaired) electrons. The number of amides is 1. The van der Waals surface area contributed by atoms with E-state index in [4.69, 9.17) is 0 Å². The normalized spacial score (nSPS) is 12.5. The molecule has 1 aromatic heterocycles. The number of aryl methyl sites for hydroxylation is 1. The number of likely N-dealkylation sites (N-methyl/N-ethyl adjacent to an activating group) is 1. The molecule has 1 aliphatic rings. The minimum absolute atomic E-state index is 0.00549. The summed E-state index contributed by atoms with van der Waals surface area (Å²) >= 11 is 1.42. The lowest BCUT2D eigenvalue weighted by atomic mass is 10.0. The molecule has 242 valence electrons. The molecule has 3 aromatic carbocycles. The Morgan fingerprint density at radius 2 is 1.48 bits per heavy atom. The van der Waals surface area contributed by atoms with Crippen molar-refractivity contribution in [3.63, 3.8) is 0 Å². The lowest BCUT2D eigenvalue weighted by molar-refractivity contribution is -0.132. The van der Waals surface area contributed by atoms with Gasteiger partial charge in [0.2, 0.25) is 5.91 Å². The lowest BCUT2D eigenvalue weighted by Crippen LogP contribution is -2.40. The molecule has 1 amide bonds. The van der Waals surface area contributed by atoms with E-state index in [-0.39, 0.29) is 23.8 Å². The molecule has 0 aliphatic heterocycles. The summed E-state index contributed by atoms with van der Waals surface area (Å²) in [5, 5.41) is 0.543. The van der Waals surface area contributed by atoms with Crippen molar-refractivity contribution in [3.8, 4) is 11.1 Å². The van der Waals surface area contributed by atoms with Crippen LogP contribution in [-0.4, -0.2) is 51.4 Å². The Kier molecular flexibility index (Phi) is 11.8. The zero-order valence-electron chi connectivity index (χ0n) is 27.3. The Labute approximate surface area is 276 Å². The predicted molar refractivity (Wildman–Crippen MR) is 186 cm³/mol. The monoisotopic (exact) mass is 640 g/mol. The number of hydrogen-bond donors (Lipinski definition) is 0. The third-order valence-electron chi connectivity index (χ3n) is 8.86. The molecule has 8 heteroatoms. The number of benzene rings is 3. The highest BCUT2D eigenvalue weighted by Gasteiger charge is 2.25. The summed E-state index contributed by atoms with van der Waals surface area (Å²) in [5.74, 6) is 0.248. The third kappa shape index (κ3) is 8.53. The van der Waals surface area contributed by atoms with Crippen LogP contribution in [0.1, 0.15) is 61.6 Å². The molecule has 1 aliphatic carbocycles. The van der Waals surface area contributed by atoms with E-state index in [2.05, 4.69) is 79.2 Å². The van der Waals surface area contributed by atoms with Gasteiger partial charge in [0, 0.05) is 36.6 Å². The Morgan fingerprint density at radius 3 is 2.11 bits per heavy atom. The summed E-state index contributed by atoms with van der Waals surface area (Å²) in [6, 6.07) is 23.6. The topological polar surface area (TPSA) is 58.4 Å². The third-order valence-corrected chi connectivity index (χ3v) is 9.91. The van der Waals surface area contributed by atoms with Gasteiger partial charge in [0.05, 0.1) is 0 Å². The number of fused-ring (bicyclic) bond motifs is 1. The van der Waals surface area contributed by atoms with Gasteiger partial charge in [0.25, 0.3) is 5.56 Å². The molecule has 0 unspecified atom stereocenters. The number of carbonyl (C=O) groups excluding carboxylic acids is 1. The van der Waals surface area contributed by atoms with Crippen molar-refractivity contribution >= 4 is 17.7 Å². The van der Waals surface area contributed by atoms with Crippen LogP contribution >= 0.6 is 11.8 Å². The Bertz CT molecular complexity index is 1650. The van der Waals surface area contributed by atoms with E-state index in [1.165, 1.54) is 35.0 Å². The number of rotatable bonds is 15. The van der Waals surface area contributed by atoms with Gasteiger partial charge in [-0.1, -0.05) is 99.6 Å². The SMILES string of the molecule is CCCc1ccc(-c2ccc(CN(CCN(CC)CC)C(=O)Cn3c(SCc4ccc(F)cc4)nc(=O)c4c3CCC4)cc2)cc1. The summed E-state index contributed by atoms with van der Waals surface area (Å²) in [6.45, 7) is 10.3. The van der Waals surface area contributed by atoms with Crippen LogP contribution in [0.25, 0.3) is 11.1 Å². The van der Waals surface area contributed by atoms with Crippen LogP contribution in [0.5, 0.6) is 0 Å². The van der Waals surface area contributed by atoms with Gasteiger partial charge >= 0.3 is 0 Å². The fourth-order valence-corrected chi connectivity index (χ4v) is 7.06. The Hall–Kier alpha value is -3.75. The highest BCUT2D eigenvalue weighted by Crippen LogP contribution is 2.27. The number of nitrogens with zero attached hydrogens (tertiary/aromatic N) is 4. The van der Waals surface area contributed by atoms with Crippen molar-refractivity contribution < 1.29 is 9.18 Å². The number of thioether (sulfide) groups is 1. The fourth-order valence-electron chi connectivity index (χ4n) is 6.09. The number of hydrogen-bond acceptors (Lipinski definition) is 5. The second kappa shape index (κ2) is 16.2. The van der Waals surface area contributed by atoms with Crippen LogP contribution in [0.4, 0.5) is 4.39 Å². The second-order valence-electron chi connectivity index (χ2n) is 12.0. The number of aromatic nitrogens is 2. The van der Waals surface area contributed by atoms with Gasteiger partial charge in [0.15, 0.2) is 5.16 Å². The van der Waals surface area contributed by atoms with Gasteiger partial charge in [-0.15, -0.1) is 0 Å². The van der Waals surface area contributed by atoms with E-state index in [1.807, 2.05) is 9.47 Å². The van der Waals surface area contributed by atoms with Crippen molar-refractivity contribution in [3.05, 3.63) is 117 Å². The molecule has 0 saturated heterocycles. The number of carbonyl (C=O) groups is 1. The first-order chi connectivity index (χ1) is 22.4. The average Bonchev–Trinajstić information content (AvgIpc) is 3.58. The van der Waals surface area contributed by atoms with Gasteiger partial charge < -0.3 is 14.4 Å². The highest BCUT2D eigenvalue weighted by molar-refractivity contribution is 7.98. The summed E-state index contributed by atoms with van der Waals surface area (Å²) in [4.78, 5) is 35.8. The van der Waals surface area contributed by atoms with Crippen LogP contribution in [0.15, 0.2) is 82.7 Å². The summed E-state index contributed by atoms with van der Waals surface area (Å²) in [6.07, 6.45) is 4.55. The minimum atomic E-state index is -0.285. The zero-order valence-corrected chi connectivity index (χ0v) is 28.1. The van der Waals surface area contributed by atoms with Crippen LogP contribution in [0.3, 0.4) is 0 Å². The van der Waals surface area contributed by atoms with E-state index in [0.29, 0.717) is 30.4 Å². The van der Waals surface area contributed by atoms with Gasteiger partial charge in [0.1, 0.15) is 12.4 Å². The predicted octanol–water partition coefficient (Wildman–Crippen LogP) is 7.15. The molecule has 46 heavy (non-hydrogen) atoms. The first-order valence-electron chi connectivity index (χ1n) is 16.6. The molecule has 0 saturated carbocycles. The van der Waals surface area contributed by atoms with E-state index < -0.39 is 0 Å². The van der Waals surface area contributed by atoms with Crippen LogP contribution < -0.4 is 5.56 Å². The smallest absolute Gasteiger partial charge is 0.277 e. The van der Waals surface area contributed by atoms with Crippen molar-refractivity contribution in [1.82, 2.24) is 19.4 Å². The molecule has 4 aromatic rings. The molecule has 5 rings (SSSR count). The second-order valence-corrected chi connectivity index (χ2v) is 12.9. The first kappa shape index (κ1) is 33.6. The molecule has 0 N–H and O–H groups in total. The standard InChI is InChI=1S/C38H45FN4O2S/c1-4-8-28-11-17-31(18-12-28)32-19-13-29(14-20-32)25-42(24-23-41(5-2)6-3)36(44)26-43-35-10-7-9-34(35)37(45)40-38(43)46-27-30-15-21-33(39)22-16-30/h11-22H,4-10,23-27H2,1-3H3. The molecular weight excluding hydrogens is 596 g/mol. The highest BCUT2D eigenvalue weighted by atomic mass is 32.2. The first-order valence-corrected chi connectivity index (χ1v) is 17.5. The lowest BCUT2D eigenvalue weighted by Gasteiger charge is -2.28. The Balaban J connectivity index is 1.37. The van der Waals surface area contributed by atoms with Crippen molar-refractivity contribution in [2.75, 3.05) is 26.2 Å². The van der Waals surface area contributed by atoms with Crippen molar-refractivity contribution in [1.29, 1.82) is 0 Å². The maximum atomic E-state index is 14.2. The molecule has 6 nitrogen and oxygen atoms in total. The van der Waals surface area contributed by atoms with Gasteiger partial charge in [-0.25, -0.2) is 4.39 Å². The van der Waals surface area contributed by atoms with Crippen molar-refractivity contribution in [2.24, 2.45) is 0 Å². The molecular formula is C38H45FN4O2S. The van der Waals surface area contributed by atoms with E-state index in [0.717, 1.165) is 73.3 Å². The molecule has 0 bridgehead atoms. The maximum absolute atomic E-state index is 14.2. The average molecular weight is 641 g/mol. The van der Waals surface area contributed by atoms with E-state index in [9.17, 15) is 14.0 Å². The fraction of sp³-hybridized carbons (Fsp3) is 0.395. The van der Waals surface area contributed by atoms with Gasteiger partial charge in [-0.05, 0) is 78.7 Å². The summed E-state index contributed by atoms with van der Waals surface area (Å²) < 4.78 is 15.4. The molecule has 0 atom stereocenters. The Morgan fingerprint density at radius 1 is 0.848 bits per heavy atom. The van der Waals surface area contributed by atoms with E-state index >= 15 is 0 Å². The van der Waals surface area contributed by atoms with Crippen molar-refractivity contribution in [2.45, 2.75) is 76.9 Å². The van der Waals surface area contributed by atoms with E-state index in [1.54, 1.807) is 12.1 Å². The molecule has 0 fully saturated rings. The quantitative estimate of drug-likeness (QED) is 0.102. The number of halogens is 1. The maximum Gasteiger partial charge on any atom is 0.277 e. The summed E-state index contributed by atoms with van der Waals surface area (Å²) in [7, 11) is 0. The van der Waals surface area contributed by atoms with Crippen LogP contribution in [0, 0.1) is 5.82 Å². The van der Waals surface area contributed by atoms with Crippen LogP contribution in [-0.2, 0) is 42.9 Å². The largest absolute Gasteiger partial charge is 0.336 e. The van der Waals surface area contributed by atoms with Crippen LogP contribution in [0.2, 0.25) is 0 Å². The van der Waals surface area contributed by atoms with Gasteiger partial charge in [-0.3, -0.25) is 9.59 Å². The molecule has 0 spiro atoms.